The number of hydrogen-bond acceptors (Lipinski definition) is 3. The van der Waals surface area contributed by atoms with Crippen molar-refractivity contribution in [3.63, 3.8) is 0 Å². The fourth-order valence-corrected chi connectivity index (χ4v) is 2.56. The van der Waals surface area contributed by atoms with Gasteiger partial charge >= 0.3 is 0 Å². The van der Waals surface area contributed by atoms with Crippen LogP contribution in [-0.4, -0.2) is 9.97 Å². The SMILES string of the molecule is Clc1cc(Cl)cc(CNc2ccc3nccnc3c2)c1. The van der Waals surface area contributed by atoms with Gasteiger partial charge in [-0.2, -0.15) is 0 Å². The minimum atomic E-state index is 0.638. The molecule has 3 rings (SSSR count). The van der Waals surface area contributed by atoms with E-state index in [1.807, 2.05) is 30.3 Å². The molecular weight excluding hydrogens is 293 g/mol. The fourth-order valence-electron chi connectivity index (χ4n) is 1.99. The highest BCUT2D eigenvalue weighted by Gasteiger charge is 2.00. The van der Waals surface area contributed by atoms with E-state index >= 15 is 0 Å². The van der Waals surface area contributed by atoms with Crippen LogP contribution in [0.3, 0.4) is 0 Å². The zero-order valence-corrected chi connectivity index (χ0v) is 12.0. The van der Waals surface area contributed by atoms with Crippen molar-refractivity contribution in [3.05, 3.63) is 64.4 Å². The summed E-state index contributed by atoms with van der Waals surface area (Å²) < 4.78 is 0. The maximum absolute atomic E-state index is 5.98. The molecule has 0 aliphatic heterocycles. The standard InChI is InChI=1S/C15H11Cl2N3/c16-11-5-10(6-12(17)7-11)9-20-13-1-2-14-15(8-13)19-4-3-18-14/h1-8,20H,9H2. The number of nitrogens with one attached hydrogen (secondary N) is 1. The molecule has 20 heavy (non-hydrogen) atoms. The van der Waals surface area contributed by atoms with Crippen molar-refractivity contribution in [1.82, 2.24) is 9.97 Å². The first-order valence-corrected chi connectivity index (χ1v) is 6.86. The van der Waals surface area contributed by atoms with Crippen LogP contribution in [0.25, 0.3) is 11.0 Å². The second kappa shape index (κ2) is 5.65. The van der Waals surface area contributed by atoms with Gasteiger partial charge < -0.3 is 5.32 Å². The molecule has 0 radical (unpaired) electrons. The molecule has 1 N–H and O–H groups in total. The molecule has 1 heterocycles. The van der Waals surface area contributed by atoms with Gasteiger partial charge in [0, 0.05) is 34.7 Å². The Balaban J connectivity index is 1.79. The summed E-state index contributed by atoms with van der Waals surface area (Å²) in [5.74, 6) is 0. The minimum Gasteiger partial charge on any atom is -0.381 e. The second-order valence-electron chi connectivity index (χ2n) is 4.39. The van der Waals surface area contributed by atoms with Crippen LogP contribution in [-0.2, 0) is 6.54 Å². The van der Waals surface area contributed by atoms with E-state index in [2.05, 4.69) is 15.3 Å². The van der Waals surface area contributed by atoms with Crippen molar-refractivity contribution in [1.29, 1.82) is 0 Å². The van der Waals surface area contributed by atoms with Crippen LogP contribution >= 0.6 is 23.2 Å². The molecule has 3 aromatic rings. The molecule has 3 nitrogen and oxygen atoms in total. The van der Waals surface area contributed by atoms with E-state index in [-0.39, 0.29) is 0 Å². The Bertz CT molecular complexity index is 739. The Morgan fingerprint density at radius 3 is 2.30 bits per heavy atom. The average Bonchev–Trinajstić information content (AvgIpc) is 2.44. The molecule has 0 bridgehead atoms. The molecule has 0 amide bonds. The molecule has 2 aromatic carbocycles. The molecule has 1 aromatic heterocycles. The van der Waals surface area contributed by atoms with Crippen LogP contribution in [0.2, 0.25) is 10.0 Å². The molecule has 0 saturated carbocycles. The van der Waals surface area contributed by atoms with Gasteiger partial charge in [0.05, 0.1) is 11.0 Å². The van der Waals surface area contributed by atoms with Crippen molar-refractivity contribution in [3.8, 4) is 0 Å². The minimum absolute atomic E-state index is 0.638. The van der Waals surface area contributed by atoms with E-state index in [1.54, 1.807) is 18.5 Å². The second-order valence-corrected chi connectivity index (χ2v) is 5.26. The smallest absolute Gasteiger partial charge is 0.0907 e. The predicted molar refractivity (Wildman–Crippen MR) is 83.3 cm³/mol. The number of halogens is 2. The lowest BCUT2D eigenvalue weighted by Gasteiger charge is -2.08. The maximum atomic E-state index is 5.98. The van der Waals surface area contributed by atoms with E-state index in [9.17, 15) is 0 Å². The lowest BCUT2D eigenvalue weighted by atomic mass is 10.2. The van der Waals surface area contributed by atoms with Crippen LogP contribution in [0.15, 0.2) is 48.8 Å². The Morgan fingerprint density at radius 2 is 1.55 bits per heavy atom. The molecule has 0 atom stereocenters. The molecule has 100 valence electrons. The third kappa shape index (κ3) is 3.00. The molecule has 0 aliphatic carbocycles. The fraction of sp³-hybridized carbons (Fsp3) is 0.0667. The number of rotatable bonds is 3. The van der Waals surface area contributed by atoms with Gasteiger partial charge in [0.25, 0.3) is 0 Å². The summed E-state index contributed by atoms with van der Waals surface area (Å²) in [5.41, 5.74) is 3.75. The topological polar surface area (TPSA) is 37.8 Å². The number of fused-ring (bicyclic) bond motifs is 1. The molecule has 0 saturated heterocycles. The molecular formula is C15H11Cl2N3. The lowest BCUT2D eigenvalue weighted by Crippen LogP contribution is -1.99. The van der Waals surface area contributed by atoms with Crippen molar-refractivity contribution in [2.75, 3.05) is 5.32 Å². The number of benzene rings is 2. The summed E-state index contributed by atoms with van der Waals surface area (Å²) in [4.78, 5) is 8.52. The van der Waals surface area contributed by atoms with E-state index < -0.39 is 0 Å². The predicted octanol–water partition coefficient (Wildman–Crippen LogP) is 4.55. The zero-order chi connectivity index (χ0) is 13.9. The summed E-state index contributed by atoms with van der Waals surface area (Å²) in [6, 6.07) is 11.4. The first kappa shape index (κ1) is 13.2. The number of nitrogens with zero attached hydrogens (tertiary/aromatic N) is 2. The van der Waals surface area contributed by atoms with Gasteiger partial charge in [-0.1, -0.05) is 23.2 Å². The van der Waals surface area contributed by atoms with Gasteiger partial charge in [0.1, 0.15) is 0 Å². The van der Waals surface area contributed by atoms with Gasteiger partial charge in [-0.05, 0) is 42.0 Å². The van der Waals surface area contributed by atoms with Crippen LogP contribution in [0.1, 0.15) is 5.56 Å². The highest BCUT2D eigenvalue weighted by atomic mass is 35.5. The van der Waals surface area contributed by atoms with Gasteiger partial charge in [-0.3, -0.25) is 9.97 Å². The molecule has 5 heteroatoms. The summed E-state index contributed by atoms with van der Waals surface area (Å²) in [5, 5.41) is 4.60. The van der Waals surface area contributed by atoms with Gasteiger partial charge in [0.15, 0.2) is 0 Å². The Labute approximate surface area is 126 Å². The molecule has 0 unspecified atom stereocenters. The maximum Gasteiger partial charge on any atom is 0.0907 e. The van der Waals surface area contributed by atoms with Crippen LogP contribution < -0.4 is 5.32 Å². The number of hydrogen-bond donors (Lipinski definition) is 1. The summed E-state index contributed by atoms with van der Waals surface area (Å²) >= 11 is 12.0. The zero-order valence-electron chi connectivity index (χ0n) is 10.5. The third-order valence-corrected chi connectivity index (χ3v) is 3.32. The first-order chi connectivity index (χ1) is 9.70. The average molecular weight is 304 g/mol. The molecule has 0 spiro atoms. The highest BCUT2D eigenvalue weighted by Crippen LogP contribution is 2.21. The largest absolute Gasteiger partial charge is 0.381 e. The summed E-state index contributed by atoms with van der Waals surface area (Å²) in [7, 11) is 0. The Morgan fingerprint density at radius 1 is 0.850 bits per heavy atom. The summed E-state index contributed by atoms with van der Waals surface area (Å²) in [6.45, 7) is 0.645. The van der Waals surface area contributed by atoms with E-state index in [4.69, 9.17) is 23.2 Å². The highest BCUT2D eigenvalue weighted by molar-refractivity contribution is 6.34. The number of aromatic nitrogens is 2. The van der Waals surface area contributed by atoms with Gasteiger partial charge in [0.2, 0.25) is 0 Å². The summed E-state index contributed by atoms with van der Waals surface area (Å²) in [6.07, 6.45) is 3.37. The van der Waals surface area contributed by atoms with Crippen molar-refractivity contribution >= 4 is 39.9 Å². The van der Waals surface area contributed by atoms with Gasteiger partial charge in [-0.25, -0.2) is 0 Å². The van der Waals surface area contributed by atoms with E-state index in [0.29, 0.717) is 16.6 Å². The van der Waals surface area contributed by atoms with Crippen LogP contribution in [0, 0.1) is 0 Å². The Hall–Kier alpha value is -1.84. The van der Waals surface area contributed by atoms with E-state index in [1.165, 1.54) is 0 Å². The number of anilines is 1. The third-order valence-electron chi connectivity index (χ3n) is 2.89. The quantitative estimate of drug-likeness (QED) is 0.771. The van der Waals surface area contributed by atoms with Crippen LogP contribution in [0.4, 0.5) is 5.69 Å². The molecule has 0 fully saturated rings. The Kier molecular flexibility index (Phi) is 3.72. The van der Waals surface area contributed by atoms with Crippen molar-refractivity contribution in [2.24, 2.45) is 0 Å². The monoisotopic (exact) mass is 303 g/mol. The van der Waals surface area contributed by atoms with Crippen molar-refractivity contribution in [2.45, 2.75) is 6.54 Å². The van der Waals surface area contributed by atoms with Crippen molar-refractivity contribution < 1.29 is 0 Å². The van der Waals surface area contributed by atoms with Gasteiger partial charge in [-0.15, -0.1) is 0 Å². The lowest BCUT2D eigenvalue weighted by molar-refractivity contribution is 1.15. The molecule has 0 aliphatic rings. The van der Waals surface area contributed by atoms with E-state index in [0.717, 1.165) is 22.3 Å². The normalized spacial score (nSPS) is 10.7. The van der Waals surface area contributed by atoms with Crippen LogP contribution in [0.5, 0.6) is 0 Å². The first-order valence-electron chi connectivity index (χ1n) is 6.10.